The summed E-state index contributed by atoms with van der Waals surface area (Å²) in [6, 6.07) is 11.6. The van der Waals surface area contributed by atoms with Crippen LogP contribution in [0, 0.1) is 0 Å². The van der Waals surface area contributed by atoms with Crippen molar-refractivity contribution in [2.45, 2.75) is 28.5 Å². The Hall–Kier alpha value is -1.80. The summed E-state index contributed by atoms with van der Waals surface area (Å²) in [5.41, 5.74) is 6.33. The van der Waals surface area contributed by atoms with Gasteiger partial charge in [-0.25, -0.2) is 8.42 Å². The molecule has 8 heteroatoms. The van der Waals surface area contributed by atoms with Gasteiger partial charge in [-0.1, -0.05) is 17.7 Å². The summed E-state index contributed by atoms with van der Waals surface area (Å²) in [4.78, 5) is 0.200. The summed E-state index contributed by atoms with van der Waals surface area (Å²) >= 11 is 5.89. The molecule has 2 N–H and O–H groups in total. The van der Waals surface area contributed by atoms with E-state index in [9.17, 15) is 8.42 Å². The molecule has 3 atom stereocenters. The van der Waals surface area contributed by atoms with E-state index in [0.717, 1.165) is 5.56 Å². The molecule has 2 aromatic rings. The predicted octanol–water partition coefficient (Wildman–Crippen LogP) is 2.74. The summed E-state index contributed by atoms with van der Waals surface area (Å²) in [5, 5.41) is -0.316. The monoisotopic (exact) mass is 409 g/mol. The van der Waals surface area contributed by atoms with Crippen LogP contribution in [-0.4, -0.2) is 39.2 Å². The van der Waals surface area contributed by atoms with Crippen LogP contribution in [0.25, 0.3) is 0 Å². The Morgan fingerprint density at radius 2 is 1.89 bits per heavy atom. The highest BCUT2D eigenvalue weighted by Gasteiger charge is 2.69. The highest BCUT2D eigenvalue weighted by Crippen LogP contribution is 2.56. The highest BCUT2D eigenvalue weighted by molar-refractivity contribution is 7.92. The maximum absolute atomic E-state index is 13.3. The van der Waals surface area contributed by atoms with E-state index >= 15 is 0 Å². The molecule has 0 aromatic heterocycles. The maximum atomic E-state index is 13.3. The molecule has 1 aliphatic carbocycles. The Morgan fingerprint density at radius 1 is 1.19 bits per heavy atom. The van der Waals surface area contributed by atoms with Gasteiger partial charge in [0.15, 0.2) is 21.3 Å². The molecule has 2 aromatic carbocycles. The second-order valence-corrected chi connectivity index (χ2v) is 9.27. The van der Waals surface area contributed by atoms with Crippen molar-refractivity contribution in [2.75, 3.05) is 20.0 Å². The van der Waals surface area contributed by atoms with Gasteiger partial charge >= 0.3 is 0 Å². The molecule has 1 saturated carbocycles. The average Bonchev–Trinajstić information content (AvgIpc) is 3.03. The minimum absolute atomic E-state index is 0.153. The number of nitrogens with two attached hydrogens (primary N) is 1. The second-order valence-electron chi connectivity index (χ2n) is 6.76. The molecule has 0 bridgehead atoms. The van der Waals surface area contributed by atoms with E-state index in [0.29, 0.717) is 23.1 Å². The topological polar surface area (TPSA) is 87.8 Å². The summed E-state index contributed by atoms with van der Waals surface area (Å²) in [6.45, 7) is 2.62. The molecular weight excluding hydrogens is 390 g/mol. The van der Waals surface area contributed by atoms with Crippen molar-refractivity contribution in [1.82, 2.24) is 0 Å². The predicted molar refractivity (Wildman–Crippen MR) is 101 cm³/mol. The molecule has 1 heterocycles. The number of halogens is 1. The standard InChI is InChI=1S/C19H20ClNO5S/c1-2-24-10-19(21)17(12-3-8-15-16(9-12)26-11-25-15)18(19)27(22,23)14-6-4-13(20)5-7-14/h3-9,17-18H,2,10-11,21H2,1H3/t17-,18+,19+/m1/s1. The Labute approximate surface area is 163 Å². The number of hydrogen-bond acceptors (Lipinski definition) is 6. The van der Waals surface area contributed by atoms with E-state index in [1.54, 1.807) is 24.3 Å². The zero-order valence-electron chi connectivity index (χ0n) is 14.7. The van der Waals surface area contributed by atoms with Gasteiger partial charge in [-0.2, -0.15) is 0 Å². The van der Waals surface area contributed by atoms with Crippen molar-refractivity contribution in [3.63, 3.8) is 0 Å². The Morgan fingerprint density at radius 3 is 2.59 bits per heavy atom. The molecule has 1 aliphatic heterocycles. The van der Waals surface area contributed by atoms with Crippen LogP contribution in [0.15, 0.2) is 47.4 Å². The summed E-state index contributed by atoms with van der Waals surface area (Å²) < 4.78 is 42.8. The fourth-order valence-electron chi connectivity index (χ4n) is 3.70. The number of fused-ring (bicyclic) bond motifs is 1. The van der Waals surface area contributed by atoms with Gasteiger partial charge in [0, 0.05) is 17.5 Å². The van der Waals surface area contributed by atoms with Crippen molar-refractivity contribution >= 4 is 21.4 Å². The van der Waals surface area contributed by atoms with Crippen molar-refractivity contribution in [2.24, 2.45) is 5.73 Å². The molecule has 0 radical (unpaired) electrons. The smallest absolute Gasteiger partial charge is 0.231 e. The van der Waals surface area contributed by atoms with Gasteiger partial charge in [-0.05, 0) is 48.9 Å². The van der Waals surface area contributed by atoms with Crippen LogP contribution >= 0.6 is 11.6 Å². The maximum Gasteiger partial charge on any atom is 0.231 e. The molecule has 4 rings (SSSR count). The SMILES string of the molecule is CCOC[C@]1(N)[C@H](c2ccc3c(c2)OCO3)[C@@H]1S(=O)(=O)c1ccc(Cl)cc1. The normalized spacial score (nSPS) is 26.2. The number of benzene rings is 2. The number of hydrogen-bond donors (Lipinski definition) is 1. The first kappa shape index (κ1) is 18.6. The highest BCUT2D eigenvalue weighted by atomic mass is 35.5. The lowest BCUT2D eigenvalue weighted by molar-refractivity contribution is 0.125. The van der Waals surface area contributed by atoms with E-state index < -0.39 is 26.5 Å². The van der Waals surface area contributed by atoms with Crippen LogP contribution in [0.3, 0.4) is 0 Å². The largest absolute Gasteiger partial charge is 0.454 e. The molecule has 1 fully saturated rings. The van der Waals surface area contributed by atoms with E-state index in [-0.39, 0.29) is 18.3 Å². The van der Waals surface area contributed by atoms with Crippen molar-refractivity contribution in [1.29, 1.82) is 0 Å². The zero-order chi connectivity index (χ0) is 19.2. The number of ether oxygens (including phenoxy) is 3. The van der Waals surface area contributed by atoms with Crippen LogP contribution in [0.2, 0.25) is 5.02 Å². The number of rotatable bonds is 6. The third-order valence-corrected chi connectivity index (χ3v) is 7.65. The zero-order valence-corrected chi connectivity index (χ0v) is 16.3. The van der Waals surface area contributed by atoms with Gasteiger partial charge in [0.1, 0.15) is 0 Å². The third kappa shape index (κ3) is 3.08. The lowest BCUT2D eigenvalue weighted by Gasteiger charge is -2.12. The van der Waals surface area contributed by atoms with E-state index in [1.807, 2.05) is 13.0 Å². The third-order valence-electron chi connectivity index (χ3n) is 5.09. The quantitative estimate of drug-likeness (QED) is 0.789. The fourth-order valence-corrected chi connectivity index (χ4v) is 6.12. The minimum Gasteiger partial charge on any atom is -0.454 e. The number of sulfone groups is 1. The Kier molecular flexibility index (Phi) is 4.58. The van der Waals surface area contributed by atoms with E-state index in [4.69, 9.17) is 31.5 Å². The first-order chi connectivity index (χ1) is 12.9. The van der Waals surface area contributed by atoms with Crippen molar-refractivity contribution in [3.05, 3.63) is 53.1 Å². The molecule has 0 amide bonds. The average molecular weight is 410 g/mol. The molecule has 0 saturated heterocycles. The van der Waals surface area contributed by atoms with Gasteiger partial charge < -0.3 is 19.9 Å². The summed E-state index contributed by atoms with van der Waals surface area (Å²) in [5.74, 6) is 0.837. The molecule has 0 unspecified atom stereocenters. The molecule has 0 spiro atoms. The van der Waals surface area contributed by atoms with Crippen LogP contribution in [0.5, 0.6) is 11.5 Å². The van der Waals surface area contributed by atoms with Crippen LogP contribution in [0.4, 0.5) is 0 Å². The summed E-state index contributed by atoms with van der Waals surface area (Å²) in [6.07, 6.45) is 0. The van der Waals surface area contributed by atoms with E-state index in [1.165, 1.54) is 12.1 Å². The Balaban J connectivity index is 1.72. The second kappa shape index (κ2) is 6.67. The van der Waals surface area contributed by atoms with Crippen LogP contribution in [0.1, 0.15) is 18.4 Å². The first-order valence-corrected chi connectivity index (χ1v) is 10.6. The minimum atomic E-state index is -3.67. The first-order valence-electron chi connectivity index (χ1n) is 8.63. The lowest BCUT2D eigenvalue weighted by Crippen LogP contribution is -2.36. The van der Waals surface area contributed by atoms with Crippen LogP contribution < -0.4 is 15.2 Å². The van der Waals surface area contributed by atoms with Gasteiger partial charge in [0.05, 0.1) is 22.3 Å². The lowest BCUT2D eigenvalue weighted by atomic mass is 10.1. The molecule has 144 valence electrons. The van der Waals surface area contributed by atoms with Crippen LogP contribution in [-0.2, 0) is 14.6 Å². The Bertz CT molecular complexity index is 963. The van der Waals surface area contributed by atoms with E-state index in [2.05, 4.69) is 0 Å². The van der Waals surface area contributed by atoms with Gasteiger partial charge in [-0.15, -0.1) is 0 Å². The summed E-state index contributed by atoms with van der Waals surface area (Å²) in [7, 11) is -3.67. The molecule has 27 heavy (non-hydrogen) atoms. The van der Waals surface area contributed by atoms with Crippen molar-refractivity contribution in [3.8, 4) is 11.5 Å². The van der Waals surface area contributed by atoms with Gasteiger partial charge in [0.2, 0.25) is 6.79 Å². The van der Waals surface area contributed by atoms with Gasteiger partial charge in [-0.3, -0.25) is 0 Å². The molecule has 2 aliphatic rings. The van der Waals surface area contributed by atoms with Gasteiger partial charge in [0.25, 0.3) is 0 Å². The molecular formula is C19H20ClNO5S. The molecule has 6 nitrogen and oxygen atoms in total. The fraction of sp³-hybridized carbons (Fsp3) is 0.368. The van der Waals surface area contributed by atoms with Crippen molar-refractivity contribution < 1.29 is 22.6 Å².